The molecule has 1 aromatic heterocycles. The maximum Gasteiger partial charge on any atom is 0.522 e. The molecule has 0 aliphatic carbocycles. The van der Waals surface area contributed by atoms with E-state index in [-0.39, 0.29) is 29.3 Å². The number of aromatic nitrogens is 2. The molecular formula is C25H22F3N5O4. The molecule has 2 aromatic carbocycles. The summed E-state index contributed by atoms with van der Waals surface area (Å²) in [6.45, 7) is 1.65. The lowest BCUT2D eigenvalue weighted by atomic mass is 10.1. The molecule has 2 heterocycles. The van der Waals surface area contributed by atoms with E-state index in [0.717, 1.165) is 0 Å². The molecule has 1 N–H and O–H groups in total. The van der Waals surface area contributed by atoms with Crippen LogP contribution >= 0.6 is 0 Å². The first-order valence-corrected chi connectivity index (χ1v) is 11.2. The molecule has 0 spiro atoms. The van der Waals surface area contributed by atoms with Gasteiger partial charge in [0.05, 0.1) is 43.6 Å². The first-order chi connectivity index (χ1) is 17.6. The largest absolute Gasteiger partial charge is 0.522 e. The molecule has 12 heteroatoms. The second kappa shape index (κ2) is 10.3. The summed E-state index contributed by atoms with van der Waals surface area (Å²) in [6, 6.07) is 12.8. The smallest absolute Gasteiger partial charge is 0.495 e. The molecule has 192 valence electrons. The molecule has 9 nitrogen and oxygen atoms in total. The number of benzene rings is 2. The average molecular weight is 513 g/mol. The Labute approximate surface area is 210 Å². The number of amides is 2. The number of nitrogens with zero attached hydrogens (tertiary/aromatic N) is 4. The molecular weight excluding hydrogens is 491 g/mol. The monoisotopic (exact) mass is 513 g/mol. The number of ether oxygens (including phenoxy) is 2. The van der Waals surface area contributed by atoms with Crippen LogP contribution in [0.1, 0.15) is 38.9 Å². The number of anilines is 2. The molecule has 0 fully saturated rings. The average Bonchev–Trinajstić information content (AvgIpc) is 3.28. The second-order valence-electron chi connectivity index (χ2n) is 8.30. The number of hydrogen-bond acceptors (Lipinski definition) is 6. The van der Waals surface area contributed by atoms with Crippen LogP contribution in [0.5, 0.6) is 5.75 Å². The Bertz CT molecular complexity index is 1360. The van der Waals surface area contributed by atoms with Gasteiger partial charge in [0.25, 0.3) is 11.8 Å². The van der Waals surface area contributed by atoms with Gasteiger partial charge in [0.15, 0.2) is 0 Å². The van der Waals surface area contributed by atoms with Crippen molar-refractivity contribution in [2.75, 3.05) is 23.9 Å². The van der Waals surface area contributed by atoms with Crippen LogP contribution in [0.3, 0.4) is 0 Å². The van der Waals surface area contributed by atoms with Crippen LogP contribution in [0.15, 0.2) is 48.7 Å². The third-order valence-electron chi connectivity index (χ3n) is 5.83. The van der Waals surface area contributed by atoms with Crippen molar-refractivity contribution in [1.82, 2.24) is 9.78 Å². The number of carbonyl (C=O) groups is 2. The molecule has 4 rings (SSSR count). The zero-order valence-corrected chi connectivity index (χ0v) is 19.9. The lowest BCUT2D eigenvalue weighted by Gasteiger charge is -2.34. The fourth-order valence-electron chi connectivity index (χ4n) is 4.11. The zero-order valence-electron chi connectivity index (χ0n) is 19.9. The third-order valence-corrected chi connectivity index (χ3v) is 5.83. The third kappa shape index (κ3) is 5.57. The standard InChI is InChI=1S/C25H22F3N5O4/c1-15-14-32-22(20(13-30-32)23(34)31-18-5-8-21(36-2)17(11-18)12-29)24(35)33(15)19-6-3-16(4-7-19)9-10-37-25(26,27)28/h3-8,11,13,15H,9-10,14H2,1-2H3,(H,31,34)/t15-/m0/s1. The van der Waals surface area contributed by atoms with Crippen LogP contribution in [0, 0.1) is 11.3 Å². The molecule has 1 aliphatic heterocycles. The summed E-state index contributed by atoms with van der Waals surface area (Å²) in [5, 5.41) is 16.2. The Hall–Kier alpha value is -4.37. The number of alkyl halides is 3. The normalized spacial score (nSPS) is 15.2. The van der Waals surface area contributed by atoms with Crippen LogP contribution < -0.4 is 15.0 Å². The zero-order chi connectivity index (χ0) is 26.7. The molecule has 0 radical (unpaired) electrons. The maximum atomic E-state index is 13.5. The molecule has 0 saturated heterocycles. The molecule has 1 aliphatic rings. The molecule has 37 heavy (non-hydrogen) atoms. The fourth-order valence-corrected chi connectivity index (χ4v) is 4.11. The van der Waals surface area contributed by atoms with E-state index in [9.17, 15) is 28.0 Å². The minimum absolute atomic E-state index is 0.0548. The molecule has 0 unspecified atom stereocenters. The Balaban J connectivity index is 1.53. The van der Waals surface area contributed by atoms with E-state index in [1.807, 2.05) is 13.0 Å². The second-order valence-corrected chi connectivity index (χ2v) is 8.30. The van der Waals surface area contributed by atoms with Crippen LogP contribution in [0.2, 0.25) is 0 Å². The van der Waals surface area contributed by atoms with Gasteiger partial charge in [-0.1, -0.05) is 12.1 Å². The number of methoxy groups -OCH3 is 1. The number of hydrogen-bond donors (Lipinski definition) is 1. The van der Waals surface area contributed by atoms with Gasteiger partial charge in [0.1, 0.15) is 17.5 Å². The van der Waals surface area contributed by atoms with E-state index in [1.165, 1.54) is 29.0 Å². The van der Waals surface area contributed by atoms with Gasteiger partial charge in [-0.25, -0.2) is 0 Å². The quantitative estimate of drug-likeness (QED) is 0.509. The van der Waals surface area contributed by atoms with Crippen LogP contribution in [0.4, 0.5) is 24.5 Å². The topological polar surface area (TPSA) is 109 Å². The van der Waals surface area contributed by atoms with Gasteiger partial charge in [0, 0.05) is 11.4 Å². The van der Waals surface area contributed by atoms with E-state index in [4.69, 9.17) is 4.74 Å². The van der Waals surface area contributed by atoms with Crippen molar-refractivity contribution in [3.05, 3.63) is 71.0 Å². The van der Waals surface area contributed by atoms with Crippen LogP contribution in [0.25, 0.3) is 0 Å². The number of fused-ring (bicyclic) bond motifs is 1. The molecule has 2 amide bonds. The molecule has 3 aromatic rings. The van der Waals surface area contributed by atoms with Gasteiger partial charge in [-0.05, 0) is 49.2 Å². The van der Waals surface area contributed by atoms with Crippen molar-refractivity contribution >= 4 is 23.2 Å². The van der Waals surface area contributed by atoms with E-state index in [1.54, 1.807) is 36.4 Å². The van der Waals surface area contributed by atoms with Crippen molar-refractivity contribution < 1.29 is 32.2 Å². The summed E-state index contributed by atoms with van der Waals surface area (Å²) in [7, 11) is 1.43. The van der Waals surface area contributed by atoms with Crippen molar-refractivity contribution in [2.45, 2.75) is 32.3 Å². The van der Waals surface area contributed by atoms with E-state index in [0.29, 0.717) is 29.2 Å². The lowest BCUT2D eigenvalue weighted by Crippen LogP contribution is -2.47. The Morgan fingerprint density at radius 2 is 1.97 bits per heavy atom. The number of nitrogens with one attached hydrogen (secondary N) is 1. The van der Waals surface area contributed by atoms with Gasteiger partial charge in [-0.3, -0.25) is 19.0 Å². The van der Waals surface area contributed by atoms with E-state index in [2.05, 4.69) is 15.2 Å². The van der Waals surface area contributed by atoms with Crippen molar-refractivity contribution in [1.29, 1.82) is 5.26 Å². The van der Waals surface area contributed by atoms with Gasteiger partial charge in [-0.15, -0.1) is 13.2 Å². The van der Waals surface area contributed by atoms with Crippen molar-refractivity contribution in [3.8, 4) is 11.8 Å². The SMILES string of the molecule is COc1ccc(NC(=O)c2cnn3c2C(=O)N(c2ccc(CCOC(F)(F)F)cc2)[C@@H](C)C3)cc1C#N. The van der Waals surface area contributed by atoms with E-state index >= 15 is 0 Å². The van der Waals surface area contributed by atoms with Gasteiger partial charge >= 0.3 is 6.36 Å². The number of nitriles is 1. The van der Waals surface area contributed by atoms with Gasteiger partial charge in [0.2, 0.25) is 0 Å². The summed E-state index contributed by atoms with van der Waals surface area (Å²) >= 11 is 0. The maximum absolute atomic E-state index is 13.5. The minimum atomic E-state index is -4.69. The summed E-state index contributed by atoms with van der Waals surface area (Å²) < 4.78 is 47.0. The Morgan fingerprint density at radius 3 is 2.62 bits per heavy atom. The van der Waals surface area contributed by atoms with Gasteiger partial charge < -0.3 is 15.0 Å². The summed E-state index contributed by atoms with van der Waals surface area (Å²) in [6.07, 6.45) is -3.32. The summed E-state index contributed by atoms with van der Waals surface area (Å²) in [5.74, 6) is -0.651. The lowest BCUT2D eigenvalue weighted by molar-refractivity contribution is -0.324. The molecule has 0 bridgehead atoms. The van der Waals surface area contributed by atoms with Crippen molar-refractivity contribution in [2.24, 2.45) is 0 Å². The van der Waals surface area contributed by atoms with E-state index < -0.39 is 24.8 Å². The number of rotatable bonds is 7. The highest BCUT2D eigenvalue weighted by Gasteiger charge is 2.36. The minimum Gasteiger partial charge on any atom is -0.495 e. The molecule has 1 atom stereocenters. The molecule has 0 saturated carbocycles. The fraction of sp³-hybridized carbons (Fsp3) is 0.280. The first kappa shape index (κ1) is 25.7. The predicted octanol–water partition coefficient (Wildman–Crippen LogP) is 4.14. The summed E-state index contributed by atoms with van der Waals surface area (Å²) in [4.78, 5) is 28.1. The number of halogens is 3. The predicted molar refractivity (Wildman–Crippen MR) is 126 cm³/mol. The highest BCUT2D eigenvalue weighted by atomic mass is 19.4. The number of carbonyl (C=O) groups excluding carboxylic acids is 2. The highest BCUT2D eigenvalue weighted by molar-refractivity contribution is 6.15. The van der Waals surface area contributed by atoms with Crippen LogP contribution in [-0.2, 0) is 17.7 Å². The Kier molecular flexibility index (Phi) is 7.17. The van der Waals surface area contributed by atoms with Gasteiger partial charge in [-0.2, -0.15) is 10.4 Å². The Morgan fingerprint density at radius 1 is 1.24 bits per heavy atom. The van der Waals surface area contributed by atoms with Crippen molar-refractivity contribution in [3.63, 3.8) is 0 Å². The summed E-state index contributed by atoms with van der Waals surface area (Å²) in [5.41, 5.74) is 1.91. The first-order valence-electron chi connectivity index (χ1n) is 11.2. The highest BCUT2D eigenvalue weighted by Crippen LogP contribution is 2.28. The van der Waals surface area contributed by atoms with Crippen LogP contribution in [-0.4, -0.2) is 47.7 Å².